The molecule has 0 atom stereocenters. The third-order valence-electron chi connectivity index (χ3n) is 2.04. The van der Waals surface area contributed by atoms with Crippen molar-refractivity contribution in [3.63, 3.8) is 0 Å². The summed E-state index contributed by atoms with van der Waals surface area (Å²) in [5.74, 6) is 0. The van der Waals surface area contributed by atoms with Gasteiger partial charge in [-0.05, 0) is 44.3 Å². The molecule has 0 heterocycles. The van der Waals surface area contributed by atoms with Crippen LogP contribution in [0, 0.1) is 0 Å². The van der Waals surface area contributed by atoms with E-state index in [2.05, 4.69) is 38.2 Å². The molecule has 1 rings (SSSR count). The molecule has 1 aliphatic carbocycles. The van der Waals surface area contributed by atoms with Crippen LogP contribution in [0.1, 0.15) is 60.8 Å². The zero-order valence-electron chi connectivity index (χ0n) is 11.4. The average Bonchev–Trinajstić information content (AvgIpc) is 2.73. The fraction of sp³-hybridized carbons (Fsp3) is 0.600. The molecule has 0 amide bonds. The van der Waals surface area contributed by atoms with Crippen LogP contribution in [0.4, 0.5) is 0 Å². The Morgan fingerprint density at radius 2 is 1.07 bits per heavy atom. The van der Waals surface area contributed by atoms with Crippen molar-refractivity contribution in [2.45, 2.75) is 60.8 Å². The summed E-state index contributed by atoms with van der Waals surface area (Å²) in [5.41, 5.74) is 3.07. The molecule has 0 unspecified atom stereocenters. The molecule has 88 valence electrons. The van der Waals surface area contributed by atoms with Gasteiger partial charge in [0.15, 0.2) is 0 Å². The van der Waals surface area contributed by atoms with E-state index in [1.54, 1.807) is 0 Å². The third kappa shape index (κ3) is 7.18. The van der Waals surface area contributed by atoms with Crippen LogP contribution in [0.25, 0.3) is 0 Å². The third-order valence-corrected chi connectivity index (χ3v) is 2.04. The Labute approximate surface area is 96.8 Å². The molecule has 0 radical (unpaired) electrons. The second-order valence-corrected chi connectivity index (χ2v) is 2.90. The molecular formula is C15H28. The highest BCUT2D eigenvalue weighted by atomic mass is 14.1. The van der Waals surface area contributed by atoms with Gasteiger partial charge in [0.25, 0.3) is 0 Å². The lowest BCUT2D eigenvalue weighted by molar-refractivity contribution is 0.906. The quantitative estimate of drug-likeness (QED) is 0.548. The van der Waals surface area contributed by atoms with Crippen LogP contribution in [0.5, 0.6) is 0 Å². The van der Waals surface area contributed by atoms with Gasteiger partial charge in [0.1, 0.15) is 0 Å². The smallest absolute Gasteiger partial charge is 0.0273 e. The maximum Gasteiger partial charge on any atom is -0.0273 e. The number of hydrogen-bond donors (Lipinski definition) is 0. The Bertz CT molecular complexity index is 182. The monoisotopic (exact) mass is 208 g/mol. The standard InChI is InChI=1S/C11H16.2C2H6/c1-3-6-10-8-5-9-11(10)7-4-2;2*1-2/h3-4,6-7H,5,8-9H2,1-2H3;2*1-2H3/b6-3-,7-4-;;. The van der Waals surface area contributed by atoms with Crippen molar-refractivity contribution in [3.05, 3.63) is 35.5 Å². The van der Waals surface area contributed by atoms with Crippen LogP contribution < -0.4 is 0 Å². The Morgan fingerprint density at radius 1 is 0.733 bits per heavy atom. The molecule has 0 saturated carbocycles. The summed E-state index contributed by atoms with van der Waals surface area (Å²) in [5, 5.41) is 0. The van der Waals surface area contributed by atoms with Gasteiger partial charge in [-0.15, -0.1) is 0 Å². The van der Waals surface area contributed by atoms with Crippen molar-refractivity contribution in [1.29, 1.82) is 0 Å². The van der Waals surface area contributed by atoms with E-state index in [9.17, 15) is 0 Å². The molecule has 0 aromatic rings. The largest absolute Gasteiger partial charge is 0.0874 e. The topological polar surface area (TPSA) is 0 Å². The van der Waals surface area contributed by atoms with E-state index < -0.39 is 0 Å². The molecule has 0 heteroatoms. The van der Waals surface area contributed by atoms with Crippen LogP contribution in [-0.4, -0.2) is 0 Å². The lowest BCUT2D eigenvalue weighted by atomic mass is 10.1. The summed E-state index contributed by atoms with van der Waals surface area (Å²) in [6.07, 6.45) is 12.6. The summed E-state index contributed by atoms with van der Waals surface area (Å²) in [6.45, 7) is 12.2. The van der Waals surface area contributed by atoms with Crippen LogP contribution in [0.2, 0.25) is 0 Å². The minimum atomic E-state index is 1.27. The van der Waals surface area contributed by atoms with E-state index in [1.807, 2.05) is 27.7 Å². The highest BCUT2D eigenvalue weighted by molar-refractivity contribution is 5.36. The van der Waals surface area contributed by atoms with Crippen LogP contribution in [-0.2, 0) is 0 Å². The maximum absolute atomic E-state index is 2.24. The summed E-state index contributed by atoms with van der Waals surface area (Å²) >= 11 is 0. The first kappa shape index (κ1) is 16.6. The summed E-state index contributed by atoms with van der Waals surface area (Å²) < 4.78 is 0. The highest BCUT2D eigenvalue weighted by Gasteiger charge is 2.08. The van der Waals surface area contributed by atoms with Gasteiger partial charge >= 0.3 is 0 Å². The van der Waals surface area contributed by atoms with Crippen LogP contribution in [0.3, 0.4) is 0 Å². The fourth-order valence-electron chi connectivity index (χ4n) is 1.57. The molecule has 0 saturated heterocycles. The highest BCUT2D eigenvalue weighted by Crippen LogP contribution is 2.27. The molecule has 0 spiro atoms. The first-order valence-electron chi connectivity index (χ1n) is 6.36. The molecule has 0 aromatic heterocycles. The van der Waals surface area contributed by atoms with Crippen LogP contribution in [0.15, 0.2) is 35.5 Å². The molecule has 0 fully saturated rings. The Hall–Kier alpha value is -0.780. The molecule has 0 N–H and O–H groups in total. The molecule has 0 bridgehead atoms. The van der Waals surface area contributed by atoms with E-state index in [0.717, 1.165) is 0 Å². The first-order valence-corrected chi connectivity index (χ1v) is 6.36. The lowest BCUT2D eigenvalue weighted by Gasteiger charge is -1.94. The number of allylic oxidation sites excluding steroid dienone is 6. The Balaban J connectivity index is 0. The minimum Gasteiger partial charge on any atom is -0.0874 e. The van der Waals surface area contributed by atoms with Crippen molar-refractivity contribution in [1.82, 2.24) is 0 Å². The van der Waals surface area contributed by atoms with Crippen molar-refractivity contribution < 1.29 is 0 Å². The first-order chi connectivity index (χ1) is 7.38. The van der Waals surface area contributed by atoms with Gasteiger partial charge in [0.05, 0.1) is 0 Å². The maximum atomic E-state index is 2.24. The van der Waals surface area contributed by atoms with Gasteiger partial charge in [-0.25, -0.2) is 0 Å². The Morgan fingerprint density at radius 3 is 1.33 bits per heavy atom. The van der Waals surface area contributed by atoms with Gasteiger partial charge < -0.3 is 0 Å². The average molecular weight is 208 g/mol. The van der Waals surface area contributed by atoms with Gasteiger partial charge in [0.2, 0.25) is 0 Å². The molecule has 0 nitrogen and oxygen atoms in total. The molecule has 0 aromatic carbocycles. The van der Waals surface area contributed by atoms with E-state index in [1.165, 1.54) is 30.4 Å². The van der Waals surface area contributed by atoms with Gasteiger partial charge in [0, 0.05) is 0 Å². The molecule has 15 heavy (non-hydrogen) atoms. The van der Waals surface area contributed by atoms with E-state index >= 15 is 0 Å². The summed E-state index contributed by atoms with van der Waals surface area (Å²) in [6, 6.07) is 0. The molecular weight excluding hydrogens is 180 g/mol. The summed E-state index contributed by atoms with van der Waals surface area (Å²) in [7, 11) is 0. The SMILES string of the molecule is C/C=C\C1=C(/C=C\C)CCC1.CC.CC. The van der Waals surface area contributed by atoms with Gasteiger partial charge in [-0.3, -0.25) is 0 Å². The lowest BCUT2D eigenvalue weighted by Crippen LogP contribution is -1.74. The predicted octanol–water partition coefficient (Wildman–Crippen LogP) is 5.67. The van der Waals surface area contributed by atoms with E-state index in [0.29, 0.717) is 0 Å². The molecule has 0 aliphatic heterocycles. The van der Waals surface area contributed by atoms with Crippen molar-refractivity contribution in [2.24, 2.45) is 0 Å². The van der Waals surface area contributed by atoms with E-state index in [-0.39, 0.29) is 0 Å². The normalized spacial score (nSPS) is 15.1. The van der Waals surface area contributed by atoms with Crippen LogP contribution >= 0.6 is 0 Å². The van der Waals surface area contributed by atoms with Crippen molar-refractivity contribution in [3.8, 4) is 0 Å². The number of rotatable bonds is 2. The predicted molar refractivity (Wildman–Crippen MR) is 73.2 cm³/mol. The Kier molecular flexibility index (Phi) is 14.7. The second-order valence-electron chi connectivity index (χ2n) is 2.90. The zero-order chi connectivity index (χ0) is 12.1. The van der Waals surface area contributed by atoms with Crippen molar-refractivity contribution >= 4 is 0 Å². The fourth-order valence-corrected chi connectivity index (χ4v) is 1.57. The van der Waals surface area contributed by atoms with Crippen molar-refractivity contribution in [2.75, 3.05) is 0 Å². The van der Waals surface area contributed by atoms with E-state index in [4.69, 9.17) is 0 Å². The molecule has 1 aliphatic rings. The minimum absolute atomic E-state index is 1.27. The summed E-state index contributed by atoms with van der Waals surface area (Å²) in [4.78, 5) is 0. The second kappa shape index (κ2) is 13.2. The van der Waals surface area contributed by atoms with Gasteiger partial charge in [-0.2, -0.15) is 0 Å². The number of hydrogen-bond acceptors (Lipinski definition) is 0. The van der Waals surface area contributed by atoms with Gasteiger partial charge in [-0.1, -0.05) is 52.0 Å². The zero-order valence-corrected chi connectivity index (χ0v) is 11.4.